The lowest BCUT2D eigenvalue weighted by Gasteiger charge is -1.93. The molecule has 0 unspecified atom stereocenters. The van der Waals surface area contributed by atoms with Crippen LogP contribution in [-0.2, 0) is 4.79 Å². The van der Waals surface area contributed by atoms with Gasteiger partial charge in [0.2, 0.25) is 0 Å². The molecule has 1 aromatic heterocycles. The van der Waals surface area contributed by atoms with E-state index in [1.54, 1.807) is 0 Å². The van der Waals surface area contributed by atoms with Crippen molar-refractivity contribution >= 4 is 28.6 Å². The lowest BCUT2D eigenvalue weighted by molar-refractivity contribution is -0.109. The molecule has 0 radical (unpaired) electrons. The van der Waals surface area contributed by atoms with Gasteiger partial charge in [-0.05, 0) is 6.26 Å². The number of aromatic nitrogens is 2. The topological polar surface area (TPSA) is 62.8 Å². The summed E-state index contributed by atoms with van der Waals surface area (Å²) in [4.78, 5) is 28.7. The lowest BCUT2D eigenvalue weighted by Crippen LogP contribution is -2.11. The van der Waals surface area contributed by atoms with Gasteiger partial charge in [-0.2, -0.15) is 0 Å². The molecule has 0 bridgehead atoms. The number of hydrogen-bond acceptors (Lipinski definition) is 5. The molecule has 0 aromatic carbocycles. The Hall–Kier alpha value is -1.19. The van der Waals surface area contributed by atoms with Crippen LogP contribution in [0.3, 0.4) is 0 Å². The maximum atomic E-state index is 11.4. The Morgan fingerprint density at radius 3 is 2.94 bits per heavy atom. The molecule has 84 valence electrons. The van der Waals surface area contributed by atoms with Crippen molar-refractivity contribution in [3.05, 3.63) is 22.1 Å². The molecule has 0 atom stereocenters. The number of rotatable bonds is 2. The molecule has 0 aliphatic carbocycles. The fourth-order valence-electron chi connectivity index (χ4n) is 0.840. The summed E-state index contributed by atoms with van der Waals surface area (Å²) in [7, 11) is 0. The van der Waals surface area contributed by atoms with Crippen LogP contribution in [0.15, 0.2) is 16.1 Å². The van der Waals surface area contributed by atoms with Crippen LogP contribution in [0.2, 0.25) is 0 Å². The summed E-state index contributed by atoms with van der Waals surface area (Å²) in [6.07, 6.45) is 3.27. The van der Waals surface area contributed by atoms with Crippen molar-refractivity contribution in [2.45, 2.75) is 12.1 Å². The van der Waals surface area contributed by atoms with Crippen molar-refractivity contribution in [2.24, 2.45) is 0 Å². The zero-order chi connectivity index (χ0) is 12.0. The van der Waals surface area contributed by atoms with Crippen molar-refractivity contribution in [3.63, 3.8) is 0 Å². The standard InChI is InChI=1S/C10H10N2O2S2/c1-7(13)16-5-3-4-8-6-11-10(15-2)12-9(8)14/h6H,5H2,1-2H3,(H,11,12,14). The average molecular weight is 254 g/mol. The second-order valence-corrected chi connectivity index (χ2v) is 4.66. The molecule has 0 amide bonds. The number of nitrogens with zero attached hydrogens (tertiary/aromatic N) is 1. The van der Waals surface area contributed by atoms with E-state index in [1.807, 2.05) is 6.26 Å². The summed E-state index contributed by atoms with van der Waals surface area (Å²) in [6, 6.07) is 0. The van der Waals surface area contributed by atoms with E-state index in [2.05, 4.69) is 21.8 Å². The summed E-state index contributed by atoms with van der Waals surface area (Å²) >= 11 is 2.48. The Morgan fingerprint density at radius 2 is 2.38 bits per heavy atom. The van der Waals surface area contributed by atoms with E-state index in [9.17, 15) is 9.59 Å². The molecule has 1 N–H and O–H groups in total. The van der Waals surface area contributed by atoms with Crippen molar-refractivity contribution in [2.75, 3.05) is 12.0 Å². The first-order chi connectivity index (χ1) is 7.63. The summed E-state index contributed by atoms with van der Waals surface area (Å²) in [5.74, 6) is 5.81. The van der Waals surface area contributed by atoms with Gasteiger partial charge in [0, 0.05) is 6.92 Å². The van der Waals surface area contributed by atoms with Gasteiger partial charge in [0.05, 0.1) is 11.9 Å². The van der Waals surface area contributed by atoms with Gasteiger partial charge in [-0.15, -0.1) is 0 Å². The highest BCUT2D eigenvalue weighted by Gasteiger charge is 1.98. The van der Waals surface area contributed by atoms with Crippen LogP contribution in [0.25, 0.3) is 0 Å². The largest absolute Gasteiger partial charge is 0.300 e. The summed E-state index contributed by atoms with van der Waals surface area (Å²) in [6.45, 7) is 1.48. The number of nitrogens with one attached hydrogen (secondary N) is 1. The minimum atomic E-state index is -0.250. The van der Waals surface area contributed by atoms with E-state index < -0.39 is 0 Å². The van der Waals surface area contributed by atoms with Gasteiger partial charge in [0.15, 0.2) is 10.3 Å². The van der Waals surface area contributed by atoms with Gasteiger partial charge >= 0.3 is 0 Å². The van der Waals surface area contributed by atoms with Crippen LogP contribution in [0.4, 0.5) is 0 Å². The van der Waals surface area contributed by atoms with E-state index in [4.69, 9.17) is 0 Å². The molecule has 4 nitrogen and oxygen atoms in total. The normalized spacial score (nSPS) is 9.38. The van der Waals surface area contributed by atoms with Crippen LogP contribution in [-0.4, -0.2) is 27.1 Å². The predicted molar refractivity (Wildman–Crippen MR) is 66.7 cm³/mol. The third-order valence-corrected chi connectivity index (χ3v) is 2.83. The average Bonchev–Trinajstić information content (AvgIpc) is 2.25. The molecule has 16 heavy (non-hydrogen) atoms. The zero-order valence-corrected chi connectivity index (χ0v) is 10.5. The van der Waals surface area contributed by atoms with E-state index in [-0.39, 0.29) is 10.7 Å². The van der Waals surface area contributed by atoms with Crippen LogP contribution in [0.1, 0.15) is 12.5 Å². The molecule has 0 aliphatic heterocycles. The zero-order valence-electron chi connectivity index (χ0n) is 8.86. The number of carbonyl (C=O) groups is 1. The third-order valence-electron chi connectivity index (χ3n) is 1.54. The fraction of sp³-hybridized carbons (Fsp3) is 0.300. The Bertz CT molecular complexity index is 500. The Morgan fingerprint density at radius 1 is 1.62 bits per heavy atom. The first-order valence-corrected chi connectivity index (χ1v) is 6.60. The van der Waals surface area contributed by atoms with Crippen molar-refractivity contribution in [3.8, 4) is 11.8 Å². The van der Waals surface area contributed by atoms with E-state index in [1.165, 1.54) is 24.9 Å². The number of thioether (sulfide) groups is 2. The minimum Gasteiger partial charge on any atom is -0.300 e. The molecule has 1 aromatic rings. The number of hydrogen-bond donors (Lipinski definition) is 1. The second kappa shape index (κ2) is 6.40. The van der Waals surface area contributed by atoms with Crippen LogP contribution in [0, 0.1) is 11.8 Å². The summed E-state index contributed by atoms with van der Waals surface area (Å²) in [5.41, 5.74) is 0.0710. The van der Waals surface area contributed by atoms with Gasteiger partial charge in [-0.3, -0.25) is 9.59 Å². The highest BCUT2D eigenvalue weighted by Crippen LogP contribution is 2.03. The quantitative estimate of drug-likeness (QED) is 0.487. The van der Waals surface area contributed by atoms with Crippen molar-refractivity contribution < 1.29 is 4.79 Å². The van der Waals surface area contributed by atoms with Gasteiger partial charge < -0.3 is 4.98 Å². The van der Waals surface area contributed by atoms with E-state index in [0.29, 0.717) is 16.5 Å². The van der Waals surface area contributed by atoms with Crippen molar-refractivity contribution in [1.29, 1.82) is 0 Å². The van der Waals surface area contributed by atoms with Crippen LogP contribution < -0.4 is 5.56 Å². The van der Waals surface area contributed by atoms with E-state index >= 15 is 0 Å². The Balaban J connectivity index is 2.74. The van der Waals surface area contributed by atoms with Gasteiger partial charge in [0.1, 0.15) is 5.56 Å². The molecule has 6 heteroatoms. The second-order valence-electron chi connectivity index (χ2n) is 2.72. The SMILES string of the molecule is CSc1ncc(C#CCSC(C)=O)c(=O)[nH]1. The van der Waals surface area contributed by atoms with Gasteiger partial charge in [-0.25, -0.2) is 4.98 Å². The van der Waals surface area contributed by atoms with Crippen molar-refractivity contribution in [1.82, 2.24) is 9.97 Å². The number of H-pyrrole nitrogens is 1. The smallest absolute Gasteiger partial charge is 0.267 e. The number of carbonyl (C=O) groups excluding carboxylic acids is 1. The maximum absolute atomic E-state index is 11.4. The highest BCUT2D eigenvalue weighted by atomic mass is 32.2. The Labute approximate surface area is 102 Å². The first kappa shape index (κ1) is 12.9. The maximum Gasteiger partial charge on any atom is 0.267 e. The lowest BCUT2D eigenvalue weighted by atomic mass is 10.3. The minimum absolute atomic E-state index is 0.0130. The molecular formula is C10H10N2O2S2. The molecule has 0 fully saturated rings. The van der Waals surface area contributed by atoms with Gasteiger partial charge in [0.25, 0.3) is 5.56 Å². The molecule has 0 spiro atoms. The highest BCUT2D eigenvalue weighted by molar-refractivity contribution is 8.13. The summed E-state index contributed by atoms with van der Waals surface area (Å²) in [5, 5.41) is 0.577. The van der Waals surface area contributed by atoms with Gasteiger partial charge in [-0.1, -0.05) is 35.4 Å². The third kappa shape index (κ3) is 4.13. The van der Waals surface area contributed by atoms with Crippen LogP contribution >= 0.6 is 23.5 Å². The number of aromatic amines is 1. The van der Waals surface area contributed by atoms with E-state index in [0.717, 1.165) is 11.8 Å². The molecule has 1 heterocycles. The fourth-order valence-corrected chi connectivity index (χ4v) is 1.54. The molecule has 0 aliphatic rings. The predicted octanol–water partition coefficient (Wildman–Crippen LogP) is 1.12. The summed E-state index contributed by atoms with van der Waals surface area (Å²) < 4.78 is 0. The van der Waals surface area contributed by atoms with Crippen LogP contribution in [0.5, 0.6) is 0 Å². The first-order valence-electron chi connectivity index (χ1n) is 4.39. The molecule has 1 rings (SSSR count). The monoisotopic (exact) mass is 254 g/mol. The molecule has 0 saturated heterocycles. The molecular weight excluding hydrogens is 244 g/mol. The Kier molecular flexibility index (Phi) is 5.15. The molecule has 0 saturated carbocycles.